The Morgan fingerprint density at radius 2 is 1.67 bits per heavy atom. The molecule has 15 heavy (non-hydrogen) atoms. The third-order valence-corrected chi connectivity index (χ3v) is 1.98. The fraction of sp³-hybridized carbons (Fsp3) is 0.333. The van der Waals surface area contributed by atoms with E-state index in [2.05, 4.69) is 19.7 Å². The molecule has 0 rings (SSSR count). The number of esters is 1. The van der Waals surface area contributed by atoms with Crippen LogP contribution in [0.25, 0.3) is 0 Å². The summed E-state index contributed by atoms with van der Waals surface area (Å²) in [6, 6.07) is 0. The Kier molecular flexibility index (Phi) is 6.02. The molecule has 0 saturated carbocycles. The summed E-state index contributed by atoms with van der Waals surface area (Å²) in [4.78, 5) is 22.6. The highest BCUT2D eigenvalue weighted by molar-refractivity contribution is 5.93. The van der Waals surface area contributed by atoms with Gasteiger partial charge in [-0.2, -0.15) is 0 Å². The molecule has 0 aliphatic heterocycles. The van der Waals surface area contributed by atoms with Crippen LogP contribution in [0.4, 0.5) is 0 Å². The van der Waals surface area contributed by atoms with Crippen LogP contribution in [0.3, 0.4) is 0 Å². The zero-order valence-electron chi connectivity index (χ0n) is 8.78. The summed E-state index contributed by atoms with van der Waals surface area (Å²) in [5.41, 5.74) is -1.17. The SMILES string of the molecule is C=CCOC(=O)C(C=O)(CC=C)CC=C. The largest absolute Gasteiger partial charge is 0.461 e. The predicted molar refractivity (Wildman–Crippen MR) is 59.3 cm³/mol. The second-order valence-corrected chi connectivity index (χ2v) is 3.15. The molecule has 0 bridgehead atoms. The van der Waals surface area contributed by atoms with E-state index in [-0.39, 0.29) is 19.4 Å². The van der Waals surface area contributed by atoms with E-state index in [1.54, 1.807) is 0 Å². The standard InChI is InChI=1S/C12H16O3/c1-4-7-12(10-13,8-5-2)11(14)15-9-6-3/h4-6,10H,1-3,7-9H2. The van der Waals surface area contributed by atoms with Crippen molar-refractivity contribution >= 4 is 12.3 Å². The summed E-state index contributed by atoms with van der Waals surface area (Å²) in [5.74, 6) is -0.558. The van der Waals surface area contributed by atoms with Crippen molar-refractivity contribution in [1.82, 2.24) is 0 Å². The first-order valence-electron chi connectivity index (χ1n) is 4.63. The van der Waals surface area contributed by atoms with Gasteiger partial charge in [-0.1, -0.05) is 24.8 Å². The first kappa shape index (κ1) is 13.4. The van der Waals surface area contributed by atoms with Gasteiger partial charge in [-0.3, -0.25) is 4.79 Å². The number of ether oxygens (including phenoxy) is 1. The van der Waals surface area contributed by atoms with Gasteiger partial charge in [0.25, 0.3) is 0 Å². The molecule has 82 valence electrons. The molecule has 0 heterocycles. The van der Waals surface area contributed by atoms with Crippen LogP contribution in [-0.4, -0.2) is 18.9 Å². The minimum absolute atomic E-state index is 0.0999. The van der Waals surface area contributed by atoms with Crippen LogP contribution in [0.15, 0.2) is 38.0 Å². The van der Waals surface area contributed by atoms with Crippen LogP contribution >= 0.6 is 0 Å². The van der Waals surface area contributed by atoms with Crippen molar-refractivity contribution in [3.05, 3.63) is 38.0 Å². The fourth-order valence-corrected chi connectivity index (χ4v) is 1.19. The van der Waals surface area contributed by atoms with E-state index in [0.29, 0.717) is 6.29 Å². The Bertz CT molecular complexity index is 256. The van der Waals surface area contributed by atoms with Crippen LogP contribution in [-0.2, 0) is 14.3 Å². The lowest BCUT2D eigenvalue weighted by Crippen LogP contribution is -2.33. The third kappa shape index (κ3) is 3.54. The molecule has 0 spiro atoms. The Morgan fingerprint density at radius 1 is 1.13 bits per heavy atom. The molecule has 0 aliphatic rings. The van der Waals surface area contributed by atoms with E-state index < -0.39 is 11.4 Å². The van der Waals surface area contributed by atoms with E-state index in [4.69, 9.17) is 4.74 Å². The second-order valence-electron chi connectivity index (χ2n) is 3.15. The average Bonchev–Trinajstić information content (AvgIpc) is 2.25. The number of carbonyl (C=O) groups is 2. The van der Waals surface area contributed by atoms with E-state index in [1.807, 2.05) is 0 Å². The maximum absolute atomic E-state index is 11.6. The lowest BCUT2D eigenvalue weighted by Gasteiger charge is -2.22. The summed E-state index contributed by atoms with van der Waals surface area (Å²) in [5, 5.41) is 0. The fourth-order valence-electron chi connectivity index (χ4n) is 1.19. The summed E-state index contributed by atoms with van der Waals surface area (Å²) in [6.07, 6.45) is 5.59. The molecule has 0 aromatic rings. The number of rotatable bonds is 8. The molecule has 0 unspecified atom stereocenters. The Labute approximate surface area is 90.1 Å². The molecule has 0 radical (unpaired) electrons. The highest BCUT2D eigenvalue weighted by Crippen LogP contribution is 2.26. The monoisotopic (exact) mass is 208 g/mol. The van der Waals surface area contributed by atoms with Gasteiger partial charge in [0.2, 0.25) is 0 Å². The van der Waals surface area contributed by atoms with E-state index in [1.165, 1.54) is 18.2 Å². The van der Waals surface area contributed by atoms with Crippen molar-refractivity contribution in [3.8, 4) is 0 Å². The maximum Gasteiger partial charge on any atom is 0.320 e. The molecule has 0 aliphatic carbocycles. The van der Waals surface area contributed by atoms with Crippen molar-refractivity contribution in [2.45, 2.75) is 12.8 Å². The van der Waals surface area contributed by atoms with Gasteiger partial charge in [0.1, 0.15) is 18.3 Å². The molecule has 0 atom stereocenters. The van der Waals surface area contributed by atoms with Gasteiger partial charge in [0.05, 0.1) is 0 Å². The summed E-state index contributed by atoms with van der Waals surface area (Å²) in [7, 11) is 0. The molecule has 0 aromatic heterocycles. The molecule has 0 N–H and O–H groups in total. The van der Waals surface area contributed by atoms with Crippen molar-refractivity contribution in [2.75, 3.05) is 6.61 Å². The van der Waals surface area contributed by atoms with E-state index >= 15 is 0 Å². The molecular weight excluding hydrogens is 192 g/mol. The number of hydrogen-bond acceptors (Lipinski definition) is 3. The van der Waals surface area contributed by atoms with E-state index in [9.17, 15) is 9.59 Å². The van der Waals surface area contributed by atoms with Crippen molar-refractivity contribution < 1.29 is 14.3 Å². The highest BCUT2D eigenvalue weighted by atomic mass is 16.5. The minimum Gasteiger partial charge on any atom is -0.461 e. The lowest BCUT2D eigenvalue weighted by molar-refractivity contribution is -0.156. The molecule has 0 fully saturated rings. The molecule has 0 aromatic carbocycles. The smallest absolute Gasteiger partial charge is 0.320 e. The number of carbonyl (C=O) groups excluding carboxylic acids is 2. The van der Waals surface area contributed by atoms with E-state index in [0.717, 1.165) is 0 Å². The minimum atomic E-state index is -1.17. The lowest BCUT2D eigenvalue weighted by atomic mass is 9.83. The normalized spacial score (nSPS) is 10.1. The Morgan fingerprint density at radius 3 is 2.00 bits per heavy atom. The van der Waals surface area contributed by atoms with Crippen molar-refractivity contribution in [2.24, 2.45) is 5.41 Å². The molecular formula is C12H16O3. The number of hydrogen-bond donors (Lipinski definition) is 0. The summed E-state index contributed by atoms with van der Waals surface area (Å²) < 4.78 is 4.87. The van der Waals surface area contributed by atoms with Gasteiger partial charge < -0.3 is 9.53 Å². The first-order valence-corrected chi connectivity index (χ1v) is 4.63. The van der Waals surface area contributed by atoms with Crippen LogP contribution in [0.1, 0.15) is 12.8 Å². The number of aldehydes is 1. The molecule has 0 amide bonds. The molecule has 0 saturated heterocycles. The van der Waals surface area contributed by atoms with Crippen LogP contribution in [0.2, 0.25) is 0 Å². The third-order valence-electron chi connectivity index (χ3n) is 1.98. The number of allylic oxidation sites excluding steroid dienone is 2. The zero-order valence-corrected chi connectivity index (χ0v) is 8.78. The quantitative estimate of drug-likeness (QED) is 0.265. The van der Waals surface area contributed by atoms with Crippen molar-refractivity contribution in [3.63, 3.8) is 0 Å². The van der Waals surface area contributed by atoms with Crippen LogP contribution in [0, 0.1) is 5.41 Å². The van der Waals surface area contributed by atoms with Gasteiger partial charge in [-0.15, -0.1) is 13.2 Å². The van der Waals surface area contributed by atoms with Crippen LogP contribution in [0.5, 0.6) is 0 Å². The Balaban J connectivity index is 4.77. The van der Waals surface area contributed by atoms with Gasteiger partial charge >= 0.3 is 5.97 Å². The van der Waals surface area contributed by atoms with Crippen molar-refractivity contribution in [1.29, 1.82) is 0 Å². The molecule has 3 nitrogen and oxygen atoms in total. The van der Waals surface area contributed by atoms with Gasteiger partial charge in [0.15, 0.2) is 0 Å². The predicted octanol–water partition coefficient (Wildman–Crippen LogP) is 2.05. The van der Waals surface area contributed by atoms with Crippen LogP contribution < -0.4 is 0 Å². The maximum atomic E-state index is 11.6. The van der Waals surface area contributed by atoms with Gasteiger partial charge in [-0.25, -0.2) is 0 Å². The molecule has 3 heteroatoms. The summed E-state index contributed by atoms with van der Waals surface area (Å²) >= 11 is 0. The second kappa shape index (κ2) is 6.76. The zero-order chi connectivity index (χ0) is 11.7. The van der Waals surface area contributed by atoms with Gasteiger partial charge in [-0.05, 0) is 12.8 Å². The topological polar surface area (TPSA) is 43.4 Å². The Hall–Kier alpha value is -1.64. The highest BCUT2D eigenvalue weighted by Gasteiger charge is 2.37. The summed E-state index contributed by atoms with van der Waals surface area (Å²) in [6.45, 7) is 10.6. The van der Waals surface area contributed by atoms with Gasteiger partial charge in [0, 0.05) is 0 Å². The first-order chi connectivity index (χ1) is 7.16. The average molecular weight is 208 g/mol.